The molecule has 0 N–H and O–H groups in total. The van der Waals surface area contributed by atoms with E-state index >= 15 is 0 Å². The molecule has 15 heavy (non-hydrogen) atoms. The fourth-order valence-corrected chi connectivity index (χ4v) is 1.43. The number of hydrogen-bond donors (Lipinski definition) is 0. The summed E-state index contributed by atoms with van der Waals surface area (Å²) in [5.41, 5.74) is 0.921. The fourth-order valence-electron chi connectivity index (χ4n) is 1.12. The normalized spacial score (nSPS) is 8.87. The predicted octanol–water partition coefficient (Wildman–Crippen LogP) is 3.30. The lowest BCUT2D eigenvalue weighted by molar-refractivity contribution is 0.628. The minimum absolute atomic E-state index is 0.0245. The zero-order valence-corrected chi connectivity index (χ0v) is 8.64. The monoisotopic (exact) mass is 220 g/mol. The predicted molar refractivity (Wildman–Crippen MR) is 55.2 cm³/mol. The lowest BCUT2D eigenvalue weighted by Gasteiger charge is -2.04. The van der Waals surface area contributed by atoms with Crippen LogP contribution in [0.4, 0.5) is 4.39 Å². The van der Waals surface area contributed by atoms with Crippen molar-refractivity contribution in [3.63, 3.8) is 0 Å². The van der Waals surface area contributed by atoms with Crippen LogP contribution in [0.5, 0.6) is 0 Å². The van der Waals surface area contributed by atoms with Crippen LogP contribution in [-0.2, 0) is 0 Å². The zero-order valence-electron chi connectivity index (χ0n) is 7.88. The van der Waals surface area contributed by atoms with Crippen LogP contribution >= 0.6 is 11.6 Å². The number of allylic oxidation sites excluding steroid dienone is 2. The Hall–Kier alpha value is -1.84. The molecule has 0 amide bonds. The minimum Gasteiger partial charge on any atom is -0.207 e. The second kappa shape index (κ2) is 4.59. The van der Waals surface area contributed by atoms with Crippen LogP contribution < -0.4 is 0 Å². The van der Waals surface area contributed by atoms with Crippen molar-refractivity contribution in [1.29, 1.82) is 10.5 Å². The number of nitriles is 2. The van der Waals surface area contributed by atoms with E-state index in [0.717, 1.165) is 6.07 Å². The van der Waals surface area contributed by atoms with Crippen LogP contribution in [-0.4, -0.2) is 0 Å². The second-order valence-corrected chi connectivity index (χ2v) is 3.25. The summed E-state index contributed by atoms with van der Waals surface area (Å²) in [6.45, 7) is 1.60. The smallest absolute Gasteiger partial charge is 0.133 e. The molecule has 1 aromatic carbocycles. The van der Waals surface area contributed by atoms with E-state index in [-0.39, 0.29) is 10.6 Å². The maximum absolute atomic E-state index is 12.7. The number of nitrogens with zero attached hydrogens (tertiary/aromatic N) is 2. The Morgan fingerprint density at radius 2 is 1.93 bits per heavy atom. The van der Waals surface area contributed by atoms with Crippen molar-refractivity contribution in [2.75, 3.05) is 0 Å². The quantitative estimate of drug-likeness (QED) is 0.682. The summed E-state index contributed by atoms with van der Waals surface area (Å²) in [5, 5.41) is 17.5. The molecule has 0 saturated heterocycles. The number of halogens is 2. The minimum atomic E-state index is -0.452. The van der Waals surface area contributed by atoms with Gasteiger partial charge in [-0.05, 0) is 30.2 Å². The van der Waals surface area contributed by atoms with Crippen LogP contribution in [0.15, 0.2) is 23.8 Å². The van der Waals surface area contributed by atoms with Crippen LogP contribution in [0.25, 0.3) is 5.57 Å². The molecule has 0 spiro atoms. The Morgan fingerprint density at radius 1 is 1.33 bits per heavy atom. The van der Waals surface area contributed by atoms with Gasteiger partial charge in [0.25, 0.3) is 0 Å². The van der Waals surface area contributed by atoms with Crippen LogP contribution in [0.1, 0.15) is 12.5 Å². The van der Waals surface area contributed by atoms with Gasteiger partial charge in [-0.25, -0.2) is 4.39 Å². The van der Waals surface area contributed by atoms with Crippen molar-refractivity contribution in [3.05, 3.63) is 40.2 Å². The number of hydrogen-bond acceptors (Lipinski definition) is 2. The third-order valence-corrected chi connectivity index (χ3v) is 2.25. The van der Waals surface area contributed by atoms with Gasteiger partial charge in [0.15, 0.2) is 0 Å². The van der Waals surface area contributed by atoms with Gasteiger partial charge in [-0.2, -0.15) is 10.5 Å². The third kappa shape index (κ3) is 2.34. The lowest BCUT2D eigenvalue weighted by Crippen LogP contribution is -1.87. The van der Waals surface area contributed by atoms with E-state index in [4.69, 9.17) is 22.1 Å². The van der Waals surface area contributed by atoms with Gasteiger partial charge < -0.3 is 0 Å². The maximum Gasteiger partial charge on any atom is 0.133 e. The number of rotatable bonds is 1. The van der Waals surface area contributed by atoms with Crippen molar-refractivity contribution < 1.29 is 4.39 Å². The summed E-state index contributed by atoms with van der Waals surface area (Å²) in [6, 6.07) is 7.34. The molecule has 74 valence electrons. The molecule has 2 nitrogen and oxygen atoms in total. The molecule has 0 saturated carbocycles. The highest BCUT2D eigenvalue weighted by Crippen LogP contribution is 2.26. The molecule has 0 radical (unpaired) electrons. The highest BCUT2D eigenvalue weighted by Gasteiger charge is 2.08. The molecular formula is C11H6ClFN2. The maximum atomic E-state index is 12.7. The molecule has 1 aromatic rings. The Morgan fingerprint density at radius 3 is 2.40 bits per heavy atom. The number of benzene rings is 1. The van der Waals surface area contributed by atoms with Crippen molar-refractivity contribution >= 4 is 17.2 Å². The lowest BCUT2D eigenvalue weighted by atomic mass is 10.0. The molecule has 0 aromatic heterocycles. The topological polar surface area (TPSA) is 47.6 Å². The summed E-state index contributed by atoms with van der Waals surface area (Å²) in [4.78, 5) is 0. The average molecular weight is 221 g/mol. The fraction of sp³-hybridized carbons (Fsp3) is 0.0909. The van der Waals surface area contributed by atoms with E-state index in [1.165, 1.54) is 12.1 Å². The zero-order chi connectivity index (χ0) is 11.4. The van der Waals surface area contributed by atoms with E-state index in [2.05, 4.69) is 0 Å². The van der Waals surface area contributed by atoms with Gasteiger partial charge in [0, 0.05) is 0 Å². The second-order valence-electron chi connectivity index (χ2n) is 2.85. The van der Waals surface area contributed by atoms with E-state index in [1.54, 1.807) is 19.1 Å². The molecule has 4 heteroatoms. The van der Waals surface area contributed by atoms with Gasteiger partial charge in [0.2, 0.25) is 0 Å². The first-order chi connectivity index (χ1) is 7.10. The van der Waals surface area contributed by atoms with Crippen molar-refractivity contribution in [3.8, 4) is 12.1 Å². The summed E-state index contributed by atoms with van der Waals surface area (Å²) >= 11 is 5.79. The van der Waals surface area contributed by atoms with Gasteiger partial charge in [0.05, 0.1) is 5.02 Å². The van der Waals surface area contributed by atoms with Crippen molar-refractivity contribution in [2.45, 2.75) is 6.92 Å². The Bertz CT molecular complexity index is 490. The highest BCUT2D eigenvalue weighted by atomic mass is 35.5. The highest BCUT2D eigenvalue weighted by molar-refractivity contribution is 6.32. The van der Waals surface area contributed by atoms with Gasteiger partial charge in [-0.1, -0.05) is 17.7 Å². The standard InChI is InChI=1S/C11H6ClFN2/c1-7(8(5-14)6-15)10-3-2-9(13)4-11(10)12/h2-4H,1H3. The van der Waals surface area contributed by atoms with Gasteiger partial charge in [0.1, 0.15) is 23.5 Å². The van der Waals surface area contributed by atoms with Crippen molar-refractivity contribution in [2.24, 2.45) is 0 Å². The summed E-state index contributed by atoms with van der Waals surface area (Å²) in [5.74, 6) is -0.452. The molecule has 0 aliphatic carbocycles. The first kappa shape index (κ1) is 11.2. The molecule has 0 heterocycles. The van der Waals surface area contributed by atoms with Crippen LogP contribution in [0.3, 0.4) is 0 Å². The van der Waals surface area contributed by atoms with Gasteiger partial charge >= 0.3 is 0 Å². The van der Waals surface area contributed by atoms with E-state index < -0.39 is 5.82 Å². The Balaban J connectivity index is 3.37. The van der Waals surface area contributed by atoms with Crippen molar-refractivity contribution in [1.82, 2.24) is 0 Å². The van der Waals surface area contributed by atoms with Gasteiger partial charge in [-0.3, -0.25) is 0 Å². The molecular weight excluding hydrogens is 215 g/mol. The molecule has 0 fully saturated rings. The van der Waals surface area contributed by atoms with Gasteiger partial charge in [-0.15, -0.1) is 0 Å². The average Bonchev–Trinajstić information content (AvgIpc) is 2.19. The molecule has 0 bridgehead atoms. The van der Waals surface area contributed by atoms with Crippen LogP contribution in [0, 0.1) is 28.5 Å². The molecule has 0 atom stereocenters. The summed E-state index contributed by atoms with van der Waals surface area (Å²) in [6.07, 6.45) is 0. The molecule has 1 rings (SSSR count). The largest absolute Gasteiger partial charge is 0.207 e. The van der Waals surface area contributed by atoms with E-state index in [1.807, 2.05) is 0 Å². The van der Waals surface area contributed by atoms with E-state index in [9.17, 15) is 4.39 Å². The van der Waals surface area contributed by atoms with E-state index in [0.29, 0.717) is 11.1 Å². The first-order valence-electron chi connectivity index (χ1n) is 4.06. The molecule has 0 unspecified atom stereocenters. The summed E-state index contributed by atoms with van der Waals surface area (Å²) < 4.78 is 12.7. The third-order valence-electron chi connectivity index (χ3n) is 1.93. The SMILES string of the molecule is CC(=C(C#N)C#N)c1ccc(F)cc1Cl. The Kier molecular flexibility index (Phi) is 3.44. The molecule has 0 aliphatic rings. The first-order valence-corrected chi connectivity index (χ1v) is 4.44. The van der Waals surface area contributed by atoms with Crippen LogP contribution in [0.2, 0.25) is 5.02 Å². The summed E-state index contributed by atoms with van der Waals surface area (Å²) in [7, 11) is 0. The molecule has 0 aliphatic heterocycles. The Labute approximate surface area is 91.8 Å².